The first-order valence-electron chi connectivity index (χ1n) is 11.0. The largest absolute Gasteiger partial charge is 0.444 e. The zero-order valence-electron chi connectivity index (χ0n) is 19.9. The maximum absolute atomic E-state index is 11.6. The number of carbonyl (C=O) groups excluding carboxylic acids is 2. The van der Waals surface area contributed by atoms with E-state index >= 15 is 0 Å². The number of nitrogen functional groups attached to an aromatic ring is 1. The van der Waals surface area contributed by atoms with Gasteiger partial charge in [0.2, 0.25) is 12.3 Å². The first-order chi connectivity index (χ1) is 15.6. The highest BCUT2D eigenvalue weighted by atomic mass is 16.6. The van der Waals surface area contributed by atoms with Crippen LogP contribution in [0.15, 0.2) is 47.3 Å². The topological polar surface area (TPSA) is 101 Å². The van der Waals surface area contributed by atoms with Gasteiger partial charge in [-0.25, -0.2) is 9.79 Å². The van der Waals surface area contributed by atoms with Crippen LogP contribution in [-0.4, -0.2) is 78.1 Å². The number of likely N-dealkylation sites (N-methyl/N-ethyl adjacent to an activating group) is 1. The summed E-state index contributed by atoms with van der Waals surface area (Å²) in [4.78, 5) is 32.0. The van der Waals surface area contributed by atoms with Crippen molar-refractivity contribution in [1.29, 1.82) is 0 Å². The van der Waals surface area contributed by atoms with E-state index in [0.717, 1.165) is 29.0 Å². The van der Waals surface area contributed by atoms with Gasteiger partial charge >= 0.3 is 6.09 Å². The van der Waals surface area contributed by atoms with Gasteiger partial charge in [-0.2, -0.15) is 0 Å². The van der Waals surface area contributed by atoms with E-state index in [1.54, 1.807) is 9.80 Å². The molecule has 3 aliphatic heterocycles. The lowest BCUT2D eigenvalue weighted by molar-refractivity contribution is -0.119. The fourth-order valence-corrected chi connectivity index (χ4v) is 3.54. The molecular weight excluding hydrogens is 434 g/mol. The van der Waals surface area contributed by atoms with Gasteiger partial charge in [0.1, 0.15) is 5.60 Å². The molecule has 1 unspecified atom stereocenters. The SMILES string of the molecule is C.CC(C)(C)OC(=O)N1CCN(C=O)CC1.Cc1cc(N)cc(C2=NC3C(=CC=CN3C)O2)c1. The molecule has 1 atom stereocenters. The minimum Gasteiger partial charge on any atom is -0.444 e. The highest BCUT2D eigenvalue weighted by Crippen LogP contribution is 2.27. The molecule has 1 saturated heterocycles. The predicted octanol–water partition coefficient (Wildman–Crippen LogP) is 3.35. The van der Waals surface area contributed by atoms with Crippen molar-refractivity contribution in [3.05, 3.63) is 53.4 Å². The Balaban J connectivity index is 0.000000238. The maximum atomic E-state index is 11.6. The van der Waals surface area contributed by atoms with Crippen LogP contribution < -0.4 is 5.73 Å². The lowest BCUT2D eigenvalue weighted by Gasteiger charge is -2.33. The fourth-order valence-electron chi connectivity index (χ4n) is 3.54. The molecule has 9 nitrogen and oxygen atoms in total. The Hall–Kier alpha value is -3.49. The van der Waals surface area contributed by atoms with Gasteiger partial charge in [0.25, 0.3) is 0 Å². The lowest BCUT2D eigenvalue weighted by Crippen LogP contribution is -2.49. The molecule has 34 heavy (non-hydrogen) atoms. The Labute approximate surface area is 202 Å². The molecule has 4 rings (SSSR count). The summed E-state index contributed by atoms with van der Waals surface area (Å²) < 4.78 is 11.0. The number of anilines is 1. The second kappa shape index (κ2) is 11.1. The third kappa shape index (κ3) is 7.00. The number of aliphatic imine (C=N–C) groups is 1. The summed E-state index contributed by atoms with van der Waals surface area (Å²) in [6.45, 7) is 9.80. The molecular formula is C25H37N5O4. The third-order valence-corrected chi connectivity index (χ3v) is 5.14. The Morgan fingerprint density at radius 1 is 1.21 bits per heavy atom. The minimum atomic E-state index is -0.459. The van der Waals surface area contributed by atoms with Crippen LogP contribution in [0.1, 0.15) is 39.3 Å². The number of carbonyl (C=O) groups is 2. The fraction of sp³-hybridized carbons (Fsp3) is 0.480. The second-order valence-corrected chi connectivity index (χ2v) is 9.23. The number of ether oxygens (including phenoxy) is 2. The van der Waals surface area contributed by atoms with Crippen LogP contribution in [0.4, 0.5) is 10.5 Å². The van der Waals surface area contributed by atoms with Crippen LogP contribution in [0.5, 0.6) is 0 Å². The summed E-state index contributed by atoms with van der Waals surface area (Å²) in [6.07, 6.45) is 6.34. The smallest absolute Gasteiger partial charge is 0.410 e. The number of aryl methyl sites for hydroxylation is 1. The first kappa shape index (κ1) is 26.8. The van der Waals surface area contributed by atoms with Crippen molar-refractivity contribution >= 4 is 24.1 Å². The lowest BCUT2D eigenvalue weighted by atomic mass is 10.1. The summed E-state index contributed by atoms with van der Waals surface area (Å²) >= 11 is 0. The van der Waals surface area contributed by atoms with Gasteiger partial charge in [0.05, 0.1) is 0 Å². The van der Waals surface area contributed by atoms with Gasteiger partial charge in [0.15, 0.2) is 11.9 Å². The number of nitrogens with two attached hydrogens (primary N) is 1. The molecule has 0 aromatic heterocycles. The number of amides is 2. The highest BCUT2D eigenvalue weighted by molar-refractivity contribution is 5.97. The molecule has 0 saturated carbocycles. The molecule has 1 fully saturated rings. The van der Waals surface area contributed by atoms with Crippen LogP contribution in [0.3, 0.4) is 0 Å². The monoisotopic (exact) mass is 471 g/mol. The zero-order chi connectivity index (χ0) is 24.2. The Bertz CT molecular complexity index is 952. The van der Waals surface area contributed by atoms with E-state index < -0.39 is 5.60 Å². The van der Waals surface area contributed by atoms with E-state index in [2.05, 4.69) is 4.99 Å². The number of piperazine rings is 1. The quantitative estimate of drug-likeness (QED) is 0.524. The van der Waals surface area contributed by atoms with Crippen molar-refractivity contribution in [2.75, 3.05) is 39.0 Å². The van der Waals surface area contributed by atoms with Crippen molar-refractivity contribution in [1.82, 2.24) is 14.7 Å². The van der Waals surface area contributed by atoms with Crippen LogP contribution in [0, 0.1) is 6.92 Å². The van der Waals surface area contributed by atoms with Crippen molar-refractivity contribution < 1.29 is 19.1 Å². The summed E-state index contributed by atoms with van der Waals surface area (Å²) in [5, 5.41) is 0. The standard InChI is InChI=1S/C14H15N3O.C10H18N2O3.CH4/c1-9-6-10(8-11(15)7-9)14-16-13-12(18-14)4-3-5-17(13)2;1-10(2,3)15-9(14)12-6-4-11(8-13)5-7-12;/h3-8,13H,15H2,1-2H3;8H,4-7H2,1-3H3;1H4. The van der Waals surface area contributed by atoms with E-state index in [1.807, 2.05) is 76.2 Å². The molecule has 2 amide bonds. The Morgan fingerprint density at radius 3 is 2.44 bits per heavy atom. The number of rotatable bonds is 2. The van der Waals surface area contributed by atoms with E-state index in [0.29, 0.717) is 32.1 Å². The molecule has 9 heteroatoms. The van der Waals surface area contributed by atoms with E-state index in [4.69, 9.17) is 15.2 Å². The number of fused-ring (bicyclic) bond motifs is 1. The molecule has 3 heterocycles. The Morgan fingerprint density at radius 2 is 1.88 bits per heavy atom. The predicted molar refractivity (Wildman–Crippen MR) is 134 cm³/mol. The van der Waals surface area contributed by atoms with Crippen molar-refractivity contribution in [3.63, 3.8) is 0 Å². The normalized spacial score (nSPS) is 19.0. The molecule has 0 spiro atoms. The van der Waals surface area contributed by atoms with Gasteiger partial charge in [-0.15, -0.1) is 0 Å². The number of hydrogen-bond acceptors (Lipinski definition) is 7. The van der Waals surface area contributed by atoms with E-state index in [9.17, 15) is 9.59 Å². The third-order valence-electron chi connectivity index (χ3n) is 5.14. The second-order valence-electron chi connectivity index (χ2n) is 9.23. The van der Waals surface area contributed by atoms with Gasteiger partial charge in [-0.05, 0) is 63.6 Å². The van der Waals surface area contributed by atoms with E-state index in [1.165, 1.54) is 0 Å². The number of allylic oxidation sites excluding steroid dienone is 2. The first-order valence-corrected chi connectivity index (χ1v) is 11.0. The van der Waals surface area contributed by atoms with Crippen molar-refractivity contribution in [3.8, 4) is 0 Å². The summed E-state index contributed by atoms with van der Waals surface area (Å²) in [5.41, 5.74) is 8.15. The minimum absolute atomic E-state index is 0. The molecule has 0 bridgehead atoms. The molecule has 0 radical (unpaired) electrons. The van der Waals surface area contributed by atoms with Gasteiger partial charge < -0.3 is 29.9 Å². The summed E-state index contributed by atoms with van der Waals surface area (Å²) in [7, 11) is 1.98. The average molecular weight is 472 g/mol. The van der Waals surface area contributed by atoms with Crippen LogP contribution in [-0.2, 0) is 14.3 Å². The molecule has 1 aromatic carbocycles. The summed E-state index contributed by atoms with van der Waals surface area (Å²) in [5.74, 6) is 1.49. The molecule has 186 valence electrons. The molecule has 3 aliphatic rings. The maximum Gasteiger partial charge on any atom is 0.410 e. The van der Waals surface area contributed by atoms with Crippen molar-refractivity contribution in [2.24, 2.45) is 4.99 Å². The van der Waals surface area contributed by atoms with Crippen LogP contribution in [0.2, 0.25) is 0 Å². The van der Waals surface area contributed by atoms with Gasteiger partial charge in [-0.1, -0.05) is 7.43 Å². The van der Waals surface area contributed by atoms with Gasteiger partial charge in [0, 0.05) is 50.7 Å². The average Bonchev–Trinajstić information content (AvgIpc) is 3.18. The molecule has 1 aromatic rings. The zero-order valence-corrected chi connectivity index (χ0v) is 19.9. The molecule has 0 aliphatic carbocycles. The number of hydrogen-bond donors (Lipinski definition) is 1. The van der Waals surface area contributed by atoms with Gasteiger partial charge in [-0.3, -0.25) is 4.79 Å². The Kier molecular flexibility index (Phi) is 8.73. The number of nitrogens with zero attached hydrogens (tertiary/aromatic N) is 4. The molecule has 2 N–H and O–H groups in total. The van der Waals surface area contributed by atoms with Crippen LogP contribution in [0.25, 0.3) is 0 Å². The number of benzene rings is 1. The van der Waals surface area contributed by atoms with E-state index in [-0.39, 0.29) is 19.7 Å². The van der Waals surface area contributed by atoms with Crippen molar-refractivity contribution in [2.45, 2.75) is 46.9 Å². The van der Waals surface area contributed by atoms with Crippen LogP contribution >= 0.6 is 0 Å². The highest BCUT2D eigenvalue weighted by Gasteiger charge is 2.29. The summed E-state index contributed by atoms with van der Waals surface area (Å²) in [6, 6.07) is 5.84.